The van der Waals surface area contributed by atoms with Crippen molar-refractivity contribution >= 4 is 52.3 Å². The molecular weight excluding hydrogens is 588 g/mol. The van der Waals surface area contributed by atoms with E-state index in [4.69, 9.17) is 19.3 Å². The first-order valence-corrected chi connectivity index (χ1v) is 29.0. The van der Waals surface area contributed by atoms with Gasteiger partial charge in [0.05, 0.1) is 8.07 Å². The Hall–Kier alpha value is 0.128. The van der Waals surface area contributed by atoms with Crippen LogP contribution in [0.3, 0.4) is 0 Å². The molecule has 0 fully saturated rings. The number of benzene rings is 1. The fourth-order valence-corrected chi connectivity index (χ4v) is 10.3. The zero-order valence-electron chi connectivity index (χ0n) is 26.2. The molecule has 200 valence electrons. The van der Waals surface area contributed by atoms with Crippen LogP contribution >= 0.6 is 0 Å². The van der Waals surface area contributed by atoms with E-state index in [1.165, 1.54) is 5.46 Å². The maximum atomic E-state index is 4.95. The number of hydrogen-bond donors (Lipinski definition) is 0. The van der Waals surface area contributed by atoms with Crippen molar-refractivity contribution in [3.63, 3.8) is 0 Å². The summed E-state index contributed by atoms with van der Waals surface area (Å²) in [6, 6.07) is 10.3. The molecule has 0 aliphatic heterocycles. The van der Waals surface area contributed by atoms with Crippen LogP contribution in [0.15, 0.2) is 39.6 Å². The van der Waals surface area contributed by atoms with E-state index >= 15 is 0 Å². The van der Waals surface area contributed by atoms with Crippen LogP contribution in [-0.2, 0) is 26.2 Å². The molecular formula is C25H56N4Si5Zr. The summed E-state index contributed by atoms with van der Waals surface area (Å²) in [4.78, 5) is 9.84. The minimum absolute atomic E-state index is 0. The Balaban J connectivity index is -0.000000255. The molecule has 0 saturated carbocycles. The molecule has 0 unspecified atom stereocenters. The van der Waals surface area contributed by atoms with Crippen molar-refractivity contribution in [1.82, 2.24) is 0 Å². The van der Waals surface area contributed by atoms with E-state index in [-0.39, 0.29) is 41.1 Å². The average Bonchev–Trinajstić information content (AvgIpc) is 2.49. The van der Waals surface area contributed by atoms with Crippen molar-refractivity contribution in [3.8, 4) is 0 Å². The molecule has 0 atom stereocenters. The van der Waals surface area contributed by atoms with E-state index in [1.54, 1.807) is 0 Å². The van der Waals surface area contributed by atoms with Gasteiger partial charge in [-0.2, -0.15) is 0 Å². The number of nitrogens with zero attached hydrogens (tertiary/aromatic N) is 4. The van der Waals surface area contributed by atoms with Gasteiger partial charge in [-0.25, -0.2) is 0 Å². The SMILES string of the molecule is C[Si](C)(C)/N=C(/[N-][Si](C)(C)C)[Si](C)(C)C.C[Si](C)(C)/N=C(/[N-][Si](C)(C)C)c1ccccc1.[CH3-].[CH3-].[Zr+4]. The van der Waals surface area contributed by atoms with Gasteiger partial charge in [0.1, 0.15) is 0 Å². The number of hydrogen-bond acceptors (Lipinski definition) is 2. The molecule has 0 heterocycles. The minimum Gasteiger partial charge on any atom is -0.479 e. The van der Waals surface area contributed by atoms with Gasteiger partial charge in [0, 0.05) is 32.9 Å². The van der Waals surface area contributed by atoms with Crippen LogP contribution in [0.4, 0.5) is 0 Å². The van der Waals surface area contributed by atoms with E-state index in [2.05, 4.69) is 122 Å². The van der Waals surface area contributed by atoms with E-state index < -0.39 is 41.0 Å². The normalized spacial score (nSPS) is 13.2. The topological polar surface area (TPSA) is 52.9 Å². The van der Waals surface area contributed by atoms with Crippen molar-refractivity contribution in [3.05, 3.63) is 60.7 Å². The van der Waals surface area contributed by atoms with Crippen LogP contribution in [0.25, 0.3) is 9.96 Å². The summed E-state index contributed by atoms with van der Waals surface area (Å²) in [7, 11) is -7.08. The van der Waals surface area contributed by atoms with Gasteiger partial charge >= 0.3 is 26.2 Å². The number of rotatable bonds is 6. The summed E-state index contributed by atoms with van der Waals surface area (Å²) in [5.41, 5.74) is 2.37. The predicted molar refractivity (Wildman–Crippen MR) is 177 cm³/mol. The fraction of sp³-hybridized carbons (Fsp3) is 0.600. The number of amidine groups is 2. The molecule has 0 bridgehead atoms. The van der Waals surface area contributed by atoms with Gasteiger partial charge in [-0.3, -0.25) is 0 Å². The molecule has 0 spiro atoms. The van der Waals surface area contributed by atoms with Crippen molar-refractivity contribution in [2.45, 2.75) is 98.2 Å². The first-order valence-electron chi connectivity index (χ1n) is 11.7. The summed E-state index contributed by atoms with van der Waals surface area (Å²) in [5.74, 6) is 0.962. The first kappa shape index (κ1) is 42.2. The monoisotopic (exact) mass is 642 g/mol. The molecule has 1 rings (SSSR count). The van der Waals surface area contributed by atoms with Crippen LogP contribution < -0.4 is 0 Å². The Bertz CT molecular complexity index is 765. The zero-order valence-corrected chi connectivity index (χ0v) is 33.6. The molecule has 0 aliphatic carbocycles. The predicted octanol–water partition coefficient (Wildman–Crippen LogP) is 9.68. The summed E-state index contributed by atoms with van der Waals surface area (Å²) in [6.07, 6.45) is 0. The maximum Gasteiger partial charge on any atom is 4.00 e. The summed E-state index contributed by atoms with van der Waals surface area (Å²) in [6.45, 7) is 34.2. The third-order valence-electron chi connectivity index (χ3n) is 3.47. The van der Waals surface area contributed by atoms with Crippen molar-refractivity contribution in [1.29, 1.82) is 0 Å². The molecule has 0 saturated heterocycles. The molecule has 0 aromatic heterocycles. The van der Waals surface area contributed by atoms with Gasteiger partial charge in [0.15, 0.2) is 0 Å². The van der Waals surface area contributed by atoms with Crippen molar-refractivity contribution in [2.75, 3.05) is 0 Å². The molecule has 1 aromatic carbocycles. The van der Waals surface area contributed by atoms with Crippen molar-refractivity contribution < 1.29 is 26.2 Å². The van der Waals surface area contributed by atoms with Crippen LogP contribution in [-0.4, -0.2) is 52.3 Å². The standard InChI is InChI=1S/C13H23N2Si2.C10H27N2Si3.2CH3.Zr/c1-16(2,3)14-13(15-17(4,5)6)12-10-8-7-9-11-12;1-13(2,3)10(11-14(4,5)6)12-15(7,8)9;;;/h7-11H,1-6H3;1-9H3;2*1H3;/q4*-1;+4. The minimum atomic E-state index is -1.49. The Morgan fingerprint density at radius 1 is 0.571 bits per heavy atom. The quantitative estimate of drug-likeness (QED) is 0.128. The Morgan fingerprint density at radius 3 is 1.23 bits per heavy atom. The second-order valence-electron chi connectivity index (χ2n) is 13.4. The molecule has 4 nitrogen and oxygen atoms in total. The van der Waals surface area contributed by atoms with Crippen LogP contribution in [0, 0.1) is 14.9 Å². The van der Waals surface area contributed by atoms with Gasteiger partial charge in [-0.15, -0.1) is 5.46 Å². The third kappa shape index (κ3) is 24.2. The van der Waals surface area contributed by atoms with E-state index in [9.17, 15) is 0 Å². The van der Waals surface area contributed by atoms with E-state index in [0.29, 0.717) is 0 Å². The second kappa shape index (κ2) is 16.2. The molecule has 0 aliphatic rings. The van der Waals surface area contributed by atoms with Crippen molar-refractivity contribution in [2.24, 2.45) is 9.32 Å². The van der Waals surface area contributed by atoms with Gasteiger partial charge in [0.25, 0.3) is 0 Å². The van der Waals surface area contributed by atoms with Crippen LogP contribution in [0.5, 0.6) is 0 Å². The maximum absolute atomic E-state index is 4.95. The van der Waals surface area contributed by atoms with E-state index in [0.717, 1.165) is 11.4 Å². The molecule has 0 radical (unpaired) electrons. The molecule has 0 amide bonds. The zero-order chi connectivity index (χ0) is 25.6. The van der Waals surface area contributed by atoms with Crippen LogP contribution in [0.2, 0.25) is 98.2 Å². The summed E-state index contributed by atoms with van der Waals surface area (Å²) in [5, 5.41) is 0. The largest absolute Gasteiger partial charge is 4.00 e. The van der Waals surface area contributed by atoms with E-state index in [1.807, 2.05) is 6.07 Å². The Labute approximate surface area is 245 Å². The molecule has 0 N–H and O–H groups in total. The molecule has 1 aromatic rings. The second-order valence-corrected chi connectivity index (χ2v) is 36.6. The van der Waals surface area contributed by atoms with Gasteiger partial charge in [-0.05, 0) is 5.56 Å². The summed E-state index contributed by atoms with van der Waals surface area (Å²) < 4.78 is 9.84. The molecule has 10 heteroatoms. The summed E-state index contributed by atoms with van der Waals surface area (Å²) >= 11 is 0. The van der Waals surface area contributed by atoms with Gasteiger partial charge in [0.2, 0.25) is 0 Å². The van der Waals surface area contributed by atoms with Gasteiger partial charge in [-0.1, -0.05) is 134 Å². The fourth-order valence-electron chi connectivity index (χ4n) is 2.37. The Morgan fingerprint density at radius 2 is 0.943 bits per heavy atom. The smallest absolute Gasteiger partial charge is 0.479 e. The third-order valence-corrected chi connectivity index (χ3v) is 9.01. The Kier molecular flexibility index (Phi) is 19.5. The van der Waals surface area contributed by atoms with Crippen LogP contribution in [0.1, 0.15) is 5.56 Å². The first-order chi connectivity index (χ1) is 14.0. The average molecular weight is 644 g/mol. The molecule has 35 heavy (non-hydrogen) atoms. The van der Waals surface area contributed by atoms with Gasteiger partial charge < -0.3 is 34.1 Å².